The zero-order valence-corrected chi connectivity index (χ0v) is 27.5. The molecule has 5 aliphatic rings. The second kappa shape index (κ2) is 13.4. The summed E-state index contributed by atoms with van der Waals surface area (Å²) < 4.78 is 11.3. The number of nitrogens with zero attached hydrogens (tertiary/aromatic N) is 5. The third-order valence-corrected chi connectivity index (χ3v) is 10.8. The fourth-order valence-corrected chi connectivity index (χ4v) is 7.96. The first-order valence-electron chi connectivity index (χ1n) is 17.3. The second-order valence-corrected chi connectivity index (χ2v) is 13.7. The van der Waals surface area contributed by atoms with Gasteiger partial charge >= 0.3 is 0 Å². The Labute approximate surface area is 272 Å². The fraction of sp³-hybridized carbons (Fsp3) is 0.629. The molecule has 0 spiro atoms. The molecule has 2 aliphatic carbocycles. The number of rotatable bonds is 8. The van der Waals surface area contributed by atoms with Gasteiger partial charge in [-0.1, -0.05) is 0 Å². The maximum Gasteiger partial charge on any atom is 0.251 e. The number of hydrogen-bond acceptors (Lipinski definition) is 9. The molecule has 3 aliphatic heterocycles. The van der Waals surface area contributed by atoms with Crippen molar-refractivity contribution in [3.63, 3.8) is 0 Å². The number of fused-ring (bicyclic) bond motifs is 1. The normalized spacial score (nSPS) is 26.5. The molecule has 4 heterocycles. The number of methoxy groups -OCH3 is 1. The molecule has 2 saturated heterocycles. The Balaban J connectivity index is 1.01. The van der Waals surface area contributed by atoms with Gasteiger partial charge in [0.15, 0.2) is 5.82 Å². The van der Waals surface area contributed by atoms with E-state index in [1.54, 1.807) is 19.1 Å². The average Bonchev–Trinajstić information content (AvgIpc) is 3.94. The van der Waals surface area contributed by atoms with E-state index in [1.165, 1.54) is 39.0 Å². The number of anilines is 4. The van der Waals surface area contributed by atoms with Crippen molar-refractivity contribution in [2.45, 2.75) is 88.5 Å². The molecule has 46 heavy (non-hydrogen) atoms. The SMILES string of the molecule is COc1ccc(C(=O)NC2CCC(N3CCN(C4CC4)CC3)CC2)cc1Nc1ccc2c(n1)N(C1CCOCC1)[C@H](C)C(=O)N2C. The number of nitrogens with one attached hydrogen (secondary N) is 2. The average molecular weight is 632 g/mol. The van der Waals surface area contributed by atoms with Gasteiger partial charge in [-0.15, -0.1) is 0 Å². The lowest BCUT2D eigenvalue weighted by Gasteiger charge is -2.44. The summed E-state index contributed by atoms with van der Waals surface area (Å²) >= 11 is 0. The van der Waals surface area contributed by atoms with Crippen LogP contribution >= 0.6 is 0 Å². The van der Waals surface area contributed by atoms with Crippen LogP contribution in [-0.4, -0.2) is 110 Å². The van der Waals surface area contributed by atoms with Crippen molar-refractivity contribution in [3.05, 3.63) is 35.9 Å². The Morgan fingerprint density at radius 2 is 1.54 bits per heavy atom. The number of carbonyl (C=O) groups excluding carboxylic acids is 2. The van der Waals surface area contributed by atoms with E-state index < -0.39 is 0 Å². The molecule has 11 heteroatoms. The number of pyridine rings is 1. The Kier molecular flexibility index (Phi) is 9.07. The summed E-state index contributed by atoms with van der Waals surface area (Å²) in [7, 11) is 3.43. The Morgan fingerprint density at radius 1 is 0.891 bits per heavy atom. The summed E-state index contributed by atoms with van der Waals surface area (Å²) in [4.78, 5) is 40.8. The minimum Gasteiger partial charge on any atom is -0.495 e. The lowest BCUT2D eigenvalue weighted by atomic mass is 9.89. The Bertz CT molecular complexity index is 1410. The van der Waals surface area contributed by atoms with Crippen molar-refractivity contribution in [3.8, 4) is 5.75 Å². The molecule has 0 radical (unpaired) electrons. The summed E-state index contributed by atoms with van der Waals surface area (Å²) in [5.41, 5.74) is 2.04. The first kappa shape index (κ1) is 31.2. The highest BCUT2D eigenvalue weighted by atomic mass is 16.5. The van der Waals surface area contributed by atoms with E-state index in [0.717, 1.165) is 56.1 Å². The largest absolute Gasteiger partial charge is 0.495 e. The van der Waals surface area contributed by atoms with Gasteiger partial charge in [0.05, 0.1) is 18.5 Å². The molecular formula is C35H49N7O4. The van der Waals surface area contributed by atoms with E-state index in [2.05, 4.69) is 25.3 Å². The van der Waals surface area contributed by atoms with E-state index in [-0.39, 0.29) is 29.9 Å². The van der Waals surface area contributed by atoms with Crippen molar-refractivity contribution in [2.24, 2.45) is 0 Å². The third-order valence-electron chi connectivity index (χ3n) is 10.8. The molecule has 0 unspecified atom stereocenters. The molecule has 1 aromatic carbocycles. The molecule has 2 amide bonds. The first-order chi connectivity index (χ1) is 22.4. The summed E-state index contributed by atoms with van der Waals surface area (Å²) in [5, 5.41) is 6.72. The van der Waals surface area contributed by atoms with Gasteiger partial charge in [-0.2, -0.15) is 0 Å². The van der Waals surface area contributed by atoms with E-state index in [9.17, 15) is 9.59 Å². The van der Waals surface area contributed by atoms with Crippen LogP contribution in [0.25, 0.3) is 0 Å². The Hall–Kier alpha value is -3.41. The predicted molar refractivity (Wildman–Crippen MR) is 179 cm³/mol. The van der Waals surface area contributed by atoms with Crippen molar-refractivity contribution in [1.29, 1.82) is 0 Å². The third kappa shape index (κ3) is 6.41. The summed E-state index contributed by atoms with van der Waals surface area (Å²) in [5.74, 6) is 2.02. The smallest absolute Gasteiger partial charge is 0.251 e. The van der Waals surface area contributed by atoms with Gasteiger partial charge in [-0.05, 0) is 88.6 Å². The zero-order chi connectivity index (χ0) is 31.8. The van der Waals surface area contributed by atoms with E-state index in [0.29, 0.717) is 42.1 Å². The van der Waals surface area contributed by atoms with Crippen molar-refractivity contribution >= 4 is 34.8 Å². The van der Waals surface area contributed by atoms with Gasteiger partial charge in [-0.25, -0.2) is 4.98 Å². The van der Waals surface area contributed by atoms with E-state index in [4.69, 9.17) is 14.5 Å². The van der Waals surface area contributed by atoms with Crippen LogP contribution in [0.1, 0.15) is 68.6 Å². The quantitative estimate of drug-likeness (QED) is 0.448. The molecule has 11 nitrogen and oxygen atoms in total. The number of likely N-dealkylation sites (N-methyl/N-ethyl adjacent to an activating group) is 1. The standard InChI is InChI=1S/C35H49N7O4/c1-23-35(44)39(2)30-11-13-32(38-33(30)42(23)28-14-20-46-21-15-28)37-29-22-24(4-12-31(29)45-3)34(43)36-25-5-7-26(8-6-25)40-16-18-41(19-17-40)27-9-10-27/h4,11-13,22-23,25-28H,5-10,14-21H2,1-3H3,(H,36,43)(H,37,38)/t23-,25?,26?/m1/s1. The second-order valence-electron chi connectivity index (χ2n) is 13.7. The maximum absolute atomic E-state index is 13.5. The molecule has 248 valence electrons. The van der Waals surface area contributed by atoms with Crippen molar-refractivity contribution < 1.29 is 19.1 Å². The molecule has 2 N–H and O–H groups in total. The maximum atomic E-state index is 13.5. The van der Waals surface area contributed by atoms with Gasteiger partial charge in [0.2, 0.25) is 5.91 Å². The summed E-state index contributed by atoms with van der Waals surface area (Å²) in [6.45, 7) is 8.08. The minimum atomic E-state index is -0.322. The van der Waals surface area contributed by atoms with Gasteiger partial charge < -0.3 is 29.9 Å². The van der Waals surface area contributed by atoms with Crippen LogP contribution in [0.4, 0.5) is 23.0 Å². The fourth-order valence-electron chi connectivity index (χ4n) is 7.96. The highest BCUT2D eigenvalue weighted by molar-refractivity contribution is 6.04. The number of piperazine rings is 1. The highest BCUT2D eigenvalue weighted by Crippen LogP contribution is 2.39. The first-order valence-corrected chi connectivity index (χ1v) is 17.3. The van der Waals surface area contributed by atoms with Crippen molar-refractivity contribution in [2.75, 3.05) is 68.7 Å². The number of hydrogen-bond donors (Lipinski definition) is 2. The molecule has 0 bridgehead atoms. The summed E-state index contributed by atoms with van der Waals surface area (Å²) in [6, 6.07) is 10.8. The van der Waals surface area contributed by atoms with Gasteiger partial charge in [0.25, 0.3) is 5.91 Å². The van der Waals surface area contributed by atoms with Crippen LogP contribution < -0.4 is 25.2 Å². The van der Waals surface area contributed by atoms with Crippen molar-refractivity contribution in [1.82, 2.24) is 20.1 Å². The number of amides is 2. The van der Waals surface area contributed by atoms with Crippen LogP contribution in [-0.2, 0) is 9.53 Å². The minimum absolute atomic E-state index is 0.0575. The zero-order valence-electron chi connectivity index (χ0n) is 27.5. The van der Waals surface area contributed by atoms with E-state index >= 15 is 0 Å². The molecule has 2 aromatic rings. The Morgan fingerprint density at radius 3 is 2.17 bits per heavy atom. The molecule has 7 rings (SSSR count). The van der Waals surface area contributed by atoms with Crippen LogP contribution in [0.2, 0.25) is 0 Å². The van der Waals surface area contributed by atoms with Crippen LogP contribution in [0.15, 0.2) is 30.3 Å². The van der Waals surface area contributed by atoms with Gasteiger partial charge in [0.1, 0.15) is 17.6 Å². The molecular weight excluding hydrogens is 582 g/mol. The number of ether oxygens (including phenoxy) is 2. The van der Waals surface area contributed by atoms with Gasteiger partial charge in [-0.3, -0.25) is 19.4 Å². The lowest BCUT2D eigenvalue weighted by Crippen LogP contribution is -2.56. The van der Waals surface area contributed by atoms with E-state index in [1.807, 2.05) is 37.3 Å². The van der Waals surface area contributed by atoms with Crippen LogP contribution in [0, 0.1) is 0 Å². The predicted octanol–water partition coefficient (Wildman–Crippen LogP) is 4.01. The number of benzene rings is 1. The molecule has 4 fully saturated rings. The monoisotopic (exact) mass is 631 g/mol. The van der Waals surface area contributed by atoms with Crippen LogP contribution in [0.5, 0.6) is 5.75 Å². The van der Waals surface area contributed by atoms with Gasteiger partial charge in [0, 0.05) is 76.2 Å². The number of carbonyl (C=O) groups is 2. The topological polar surface area (TPSA) is 103 Å². The lowest BCUT2D eigenvalue weighted by molar-refractivity contribution is -0.119. The molecule has 1 aromatic heterocycles. The molecule has 1 atom stereocenters. The highest BCUT2D eigenvalue weighted by Gasteiger charge is 2.39. The summed E-state index contributed by atoms with van der Waals surface area (Å²) in [6.07, 6.45) is 8.77. The number of aromatic nitrogens is 1. The van der Waals surface area contributed by atoms with Crippen LogP contribution in [0.3, 0.4) is 0 Å². The molecule has 2 saturated carbocycles.